The molecule has 2 rings (SSSR count). The van der Waals surface area contributed by atoms with Gasteiger partial charge in [-0.15, -0.1) is 24.0 Å². The van der Waals surface area contributed by atoms with Crippen molar-refractivity contribution in [3.8, 4) is 11.5 Å². The number of aliphatic hydroxyl groups is 1. The maximum atomic E-state index is 12.8. The van der Waals surface area contributed by atoms with E-state index in [0.717, 1.165) is 25.7 Å². The van der Waals surface area contributed by atoms with Gasteiger partial charge in [0.05, 0.1) is 32.3 Å². The van der Waals surface area contributed by atoms with Crippen molar-refractivity contribution in [1.29, 1.82) is 0 Å². The molecule has 1 fully saturated rings. The molecule has 0 heterocycles. The molecule has 176 valence electrons. The quantitative estimate of drug-likeness (QED) is 0.250. The molecule has 9 heteroatoms. The Hall–Kier alpha value is -1.75. The zero-order valence-electron chi connectivity index (χ0n) is 19.2. The lowest BCUT2D eigenvalue weighted by Gasteiger charge is -2.29. The van der Waals surface area contributed by atoms with Crippen LogP contribution >= 0.6 is 24.0 Å². The number of guanidine groups is 1. The van der Waals surface area contributed by atoms with Gasteiger partial charge in [-0.2, -0.15) is 0 Å². The number of aliphatic imine (C=N–C) groups is 1. The van der Waals surface area contributed by atoms with Gasteiger partial charge in [0.25, 0.3) is 0 Å². The number of amides is 1. The van der Waals surface area contributed by atoms with Crippen molar-refractivity contribution in [2.45, 2.75) is 38.7 Å². The molecule has 1 aliphatic rings. The van der Waals surface area contributed by atoms with Crippen molar-refractivity contribution in [1.82, 2.24) is 15.5 Å². The highest BCUT2D eigenvalue weighted by atomic mass is 127. The molecule has 0 radical (unpaired) electrons. The number of halogens is 1. The Morgan fingerprint density at radius 2 is 1.90 bits per heavy atom. The predicted molar refractivity (Wildman–Crippen MR) is 133 cm³/mol. The van der Waals surface area contributed by atoms with E-state index in [0.29, 0.717) is 36.1 Å². The Morgan fingerprint density at radius 1 is 1.23 bits per heavy atom. The summed E-state index contributed by atoms with van der Waals surface area (Å²) in [7, 11) is 6.75. The van der Waals surface area contributed by atoms with Gasteiger partial charge in [0, 0.05) is 32.7 Å². The summed E-state index contributed by atoms with van der Waals surface area (Å²) in [6, 6.07) is 5.32. The van der Waals surface area contributed by atoms with E-state index in [1.54, 1.807) is 51.4 Å². The van der Waals surface area contributed by atoms with Crippen LogP contribution in [0.5, 0.6) is 11.5 Å². The third-order valence-corrected chi connectivity index (χ3v) is 5.56. The number of ether oxygens (including phenoxy) is 2. The van der Waals surface area contributed by atoms with Crippen LogP contribution < -0.4 is 20.1 Å². The number of carbonyl (C=O) groups excluding carboxylic acids is 1. The molecule has 31 heavy (non-hydrogen) atoms. The predicted octanol–water partition coefficient (Wildman–Crippen LogP) is 2.56. The zero-order valence-corrected chi connectivity index (χ0v) is 21.6. The largest absolute Gasteiger partial charge is 0.497 e. The minimum absolute atomic E-state index is 0. The van der Waals surface area contributed by atoms with Crippen molar-refractivity contribution in [2.24, 2.45) is 10.4 Å². The van der Waals surface area contributed by atoms with E-state index in [1.807, 2.05) is 6.92 Å². The van der Waals surface area contributed by atoms with Gasteiger partial charge in [-0.05, 0) is 38.0 Å². The van der Waals surface area contributed by atoms with Crippen LogP contribution in [-0.2, 0) is 4.79 Å². The molecule has 1 aliphatic carbocycles. The van der Waals surface area contributed by atoms with Crippen molar-refractivity contribution in [3.63, 3.8) is 0 Å². The fraction of sp³-hybridized carbons (Fsp3) is 0.636. The second kappa shape index (κ2) is 12.9. The number of methoxy groups -OCH3 is 2. The Morgan fingerprint density at radius 3 is 2.45 bits per heavy atom. The highest BCUT2D eigenvalue weighted by Crippen LogP contribution is 2.39. The molecule has 1 saturated carbocycles. The Balaban J connectivity index is 0.00000480. The first-order valence-corrected chi connectivity index (χ1v) is 10.5. The normalized spacial score (nSPS) is 16.1. The summed E-state index contributed by atoms with van der Waals surface area (Å²) in [4.78, 5) is 19.1. The Labute approximate surface area is 202 Å². The second-order valence-corrected chi connectivity index (χ2v) is 7.89. The fourth-order valence-electron chi connectivity index (χ4n) is 3.94. The molecule has 1 aromatic carbocycles. The number of nitrogens with one attached hydrogen (secondary N) is 2. The van der Waals surface area contributed by atoms with Crippen molar-refractivity contribution >= 4 is 35.8 Å². The first-order chi connectivity index (χ1) is 14.4. The lowest BCUT2D eigenvalue weighted by atomic mass is 9.85. The summed E-state index contributed by atoms with van der Waals surface area (Å²) in [6.45, 7) is 3.33. The maximum absolute atomic E-state index is 12.8. The highest BCUT2D eigenvalue weighted by Gasteiger charge is 2.42. The van der Waals surface area contributed by atoms with E-state index in [-0.39, 0.29) is 36.4 Å². The van der Waals surface area contributed by atoms with Gasteiger partial charge < -0.3 is 30.1 Å². The van der Waals surface area contributed by atoms with E-state index in [4.69, 9.17) is 14.5 Å². The van der Waals surface area contributed by atoms with Gasteiger partial charge >= 0.3 is 0 Å². The van der Waals surface area contributed by atoms with Crippen LogP contribution in [0.25, 0.3) is 0 Å². The zero-order chi connectivity index (χ0) is 22.1. The standard InChI is InChI=1S/C22H36N4O4.HI/c1-6-23-21(25-15-22(11-7-8-12-22)20(28)26(2)3)24-14-18(27)17-13-16(29-4)9-10-19(17)30-5;/h9-10,13,18,27H,6-8,11-12,14-15H2,1-5H3,(H2,23,24,25);1H. The number of benzene rings is 1. The molecule has 1 amide bonds. The van der Waals surface area contributed by atoms with Crippen LogP contribution in [0.1, 0.15) is 44.3 Å². The smallest absolute Gasteiger partial charge is 0.230 e. The number of hydrogen-bond acceptors (Lipinski definition) is 5. The average Bonchev–Trinajstić information content (AvgIpc) is 3.24. The Kier molecular flexibility index (Phi) is 11.4. The lowest BCUT2D eigenvalue weighted by molar-refractivity contribution is -0.138. The molecule has 0 bridgehead atoms. The topological polar surface area (TPSA) is 95.4 Å². The molecule has 8 nitrogen and oxygen atoms in total. The third kappa shape index (κ3) is 7.13. The average molecular weight is 548 g/mol. The first kappa shape index (κ1) is 27.3. The van der Waals surface area contributed by atoms with Crippen molar-refractivity contribution in [3.05, 3.63) is 23.8 Å². The molecule has 0 spiro atoms. The monoisotopic (exact) mass is 548 g/mol. The van der Waals surface area contributed by atoms with E-state index in [2.05, 4.69) is 10.6 Å². The molecule has 0 aromatic heterocycles. The number of nitrogens with zero attached hydrogens (tertiary/aromatic N) is 2. The maximum Gasteiger partial charge on any atom is 0.230 e. The lowest BCUT2D eigenvalue weighted by Crippen LogP contribution is -2.43. The molecule has 1 aromatic rings. The van der Waals surface area contributed by atoms with E-state index in [1.165, 1.54) is 0 Å². The van der Waals surface area contributed by atoms with Crippen molar-refractivity contribution < 1.29 is 19.4 Å². The van der Waals surface area contributed by atoms with Gasteiger partial charge in [0.1, 0.15) is 11.5 Å². The van der Waals surface area contributed by atoms with Crippen LogP contribution in [-0.4, -0.2) is 69.8 Å². The van der Waals surface area contributed by atoms with Crippen LogP contribution in [0, 0.1) is 5.41 Å². The molecule has 0 aliphatic heterocycles. The van der Waals surface area contributed by atoms with Crippen LogP contribution in [0.4, 0.5) is 0 Å². The minimum atomic E-state index is -0.817. The van der Waals surface area contributed by atoms with Crippen LogP contribution in [0.3, 0.4) is 0 Å². The van der Waals surface area contributed by atoms with Crippen LogP contribution in [0.15, 0.2) is 23.2 Å². The van der Waals surface area contributed by atoms with E-state index < -0.39 is 11.5 Å². The molecule has 1 atom stereocenters. The summed E-state index contributed by atoms with van der Waals surface area (Å²) in [6.07, 6.45) is 3.00. The van der Waals surface area contributed by atoms with Gasteiger partial charge in [-0.3, -0.25) is 9.79 Å². The fourth-order valence-corrected chi connectivity index (χ4v) is 3.94. The number of carbonyl (C=O) groups is 1. The molecular formula is C22H37IN4O4. The van der Waals surface area contributed by atoms with Crippen LogP contribution in [0.2, 0.25) is 0 Å². The Bertz CT molecular complexity index is 736. The molecule has 3 N–H and O–H groups in total. The van der Waals surface area contributed by atoms with E-state index >= 15 is 0 Å². The van der Waals surface area contributed by atoms with Gasteiger partial charge in [-0.1, -0.05) is 12.8 Å². The summed E-state index contributed by atoms with van der Waals surface area (Å²) >= 11 is 0. The number of rotatable bonds is 9. The number of hydrogen-bond donors (Lipinski definition) is 3. The molecule has 0 saturated heterocycles. The summed E-state index contributed by atoms with van der Waals surface area (Å²) in [5.41, 5.74) is 0.204. The molecule has 1 unspecified atom stereocenters. The SMILES string of the molecule is CCNC(=NCC1(C(=O)N(C)C)CCCC1)NCC(O)c1cc(OC)ccc1OC.I. The number of aliphatic hydroxyl groups excluding tert-OH is 1. The first-order valence-electron chi connectivity index (χ1n) is 10.5. The van der Waals surface area contributed by atoms with Crippen molar-refractivity contribution in [2.75, 3.05) is 47.9 Å². The minimum Gasteiger partial charge on any atom is -0.497 e. The molecular weight excluding hydrogens is 511 g/mol. The second-order valence-electron chi connectivity index (χ2n) is 7.89. The van der Waals surface area contributed by atoms with Gasteiger partial charge in [0.15, 0.2) is 5.96 Å². The van der Waals surface area contributed by atoms with E-state index in [9.17, 15) is 9.90 Å². The highest BCUT2D eigenvalue weighted by molar-refractivity contribution is 14.0. The summed E-state index contributed by atoms with van der Waals surface area (Å²) < 4.78 is 10.6. The summed E-state index contributed by atoms with van der Waals surface area (Å²) in [5.74, 6) is 1.96. The third-order valence-electron chi connectivity index (χ3n) is 5.56. The van der Waals surface area contributed by atoms with Gasteiger partial charge in [0.2, 0.25) is 5.91 Å². The summed E-state index contributed by atoms with van der Waals surface area (Å²) in [5, 5.41) is 17.1. The van der Waals surface area contributed by atoms with Gasteiger partial charge in [-0.25, -0.2) is 0 Å².